The van der Waals surface area contributed by atoms with E-state index in [1.807, 2.05) is 6.92 Å². The highest BCUT2D eigenvalue weighted by Crippen LogP contribution is 2.24. The van der Waals surface area contributed by atoms with Gasteiger partial charge in [-0.05, 0) is 13.0 Å². The van der Waals surface area contributed by atoms with E-state index >= 15 is 0 Å². The van der Waals surface area contributed by atoms with Gasteiger partial charge in [-0.2, -0.15) is 5.10 Å². The fourth-order valence-corrected chi connectivity index (χ4v) is 1.44. The topological polar surface area (TPSA) is 56.7 Å². The van der Waals surface area contributed by atoms with Crippen LogP contribution in [0.4, 0.5) is 14.5 Å². The molecule has 0 aliphatic heterocycles. The van der Waals surface area contributed by atoms with Gasteiger partial charge < -0.3 is 5.73 Å². The Morgan fingerprint density at radius 3 is 2.75 bits per heavy atom. The highest BCUT2D eigenvalue weighted by molar-refractivity contribution is 5.62. The third-order valence-corrected chi connectivity index (χ3v) is 2.24. The van der Waals surface area contributed by atoms with Crippen LogP contribution in [0, 0.1) is 11.6 Å². The molecule has 1 heterocycles. The summed E-state index contributed by atoms with van der Waals surface area (Å²) >= 11 is 0. The lowest BCUT2D eigenvalue weighted by Crippen LogP contribution is -2.02. The summed E-state index contributed by atoms with van der Waals surface area (Å²) in [5, 5.41) is 3.91. The van der Waals surface area contributed by atoms with Crippen molar-refractivity contribution in [3.63, 3.8) is 0 Å². The molecule has 84 valence electrons. The molecule has 0 aliphatic carbocycles. The van der Waals surface area contributed by atoms with Crippen LogP contribution in [-0.2, 0) is 6.54 Å². The Morgan fingerprint density at radius 2 is 2.06 bits per heavy atom. The predicted molar refractivity (Wildman–Crippen MR) is 55.5 cm³/mol. The van der Waals surface area contributed by atoms with E-state index in [0.29, 0.717) is 12.4 Å². The second-order valence-electron chi connectivity index (χ2n) is 3.25. The van der Waals surface area contributed by atoms with Crippen LogP contribution < -0.4 is 5.73 Å². The Kier molecular flexibility index (Phi) is 2.55. The molecule has 16 heavy (non-hydrogen) atoms. The zero-order valence-corrected chi connectivity index (χ0v) is 8.61. The molecular weight excluding hydrogens is 214 g/mol. The average molecular weight is 224 g/mol. The van der Waals surface area contributed by atoms with E-state index in [0.717, 1.165) is 6.07 Å². The quantitative estimate of drug-likeness (QED) is 0.791. The molecule has 2 N–H and O–H groups in total. The Labute approximate surface area is 90.7 Å². The average Bonchev–Trinajstić information content (AvgIpc) is 2.71. The van der Waals surface area contributed by atoms with Crippen molar-refractivity contribution in [3.05, 3.63) is 30.1 Å². The number of nitrogens with two attached hydrogens (primary N) is 1. The molecule has 0 bridgehead atoms. The largest absolute Gasteiger partial charge is 0.396 e. The third-order valence-electron chi connectivity index (χ3n) is 2.24. The molecule has 0 fully saturated rings. The predicted octanol–water partition coefficient (Wildman–Crippen LogP) is 1.83. The fourth-order valence-electron chi connectivity index (χ4n) is 1.44. The van der Waals surface area contributed by atoms with Crippen molar-refractivity contribution in [1.82, 2.24) is 14.8 Å². The van der Waals surface area contributed by atoms with Crippen LogP contribution >= 0.6 is 0 Å². The maximum absolute atomic E-state index is 13.5. The lowest BCUT2D eigenvalue weighted by atomic mass is 10.1. The van der Waals surface area contributed by atoms with Crippen LogP contribution in [0.25, 0.3) is 11.4 Å². The maximum atomic E-state index is 13.5. The summed E-state index contributed by atoms with van der Waals surface area (Å²) in [7, 11) is 0. The minimum Gasteiger partial charge on any atom is -0.396 e. The molecule has 0 spiro atoms. The number of anilines is 1. The van der Waals surface area contributed by atoms with Crippen molar-refractivity contribution >= 4 is 5.69 Å². The zero-order chi connectivity index (χ0) is 11.7. The summed E-state index contributed by atoms with van der Waals surface area (Å²) in [4.78, 5) is 3.92. The number of halogens is 2. The summed E-state index contributed by atoms with van der Waals surface area (Å²) in [5.41, 5.74) is 5.43. The van der Waals surface area contributed by atoms with E-state index in [9.17, 15) is 8.78 Å². The second-order valence-corrected chi connectivity index (χ2v) is 3.25. The Hall–Kier alpha value is -1.98. The van der Waals surface area contributed by atoms with Crippen molar-refractivity contribution in [3.8, 4) is 11.4 Å². The standard InChI is InChI=1S/C10H10F2N4/c1-2-16-10(14-5-15-16)6-3-9(13)8(12)4-7(6)11/h3-5H,2,13H2,1H3. The fraction of sp³-hybridized carbons (Fsp3) is 0.200. The van der Waals surface area contributed by atoms with Gasteiger partial charge in [-0.25, -0.2) is 18.4 Å². The normalized spacial score (nSPS) is 10.7. The first-order valence-corrected chi connectivity index (χ1v) is 4.76. The number of benzene rings is 1. The van der Waals surface area contributed by atoms with Crippen LogP contribution in [-0.4, -0.2) is 14.8 Å². The minimum atomic E-state index is -0.774. The van der Waals surface area contributed by atoms with Crippen LogP contribution in [0.3, 0.4) is 0 Å². The Morgan fingerprint density at radius 1 is 1.31 bits per heavy atom. The third kappa shape index (κ3) is 1.62. The molecule has 2 aromatic rings. The SMILES string of the molecule is CCn1ncnc1-c1cc(N)c(F)cc1F. The van der Waals surface area contributed by atoms with Crippen LogP contribution in [0.15, 0.2) is 18.5 Å². The Bertz CT molecular complexity index is 522. The number of hydrogen-bond donors (Lipinski definition) is 1. The van der Waals surface area contributed by atoms with Crippen LogP contribution in [0.5, 0.6) is 0 Å². The summed E-state index contributed by atoms with van der Waals surface area (Å²) in [6, 6.07) is 1.97. The molecule has 0 aliphatic rings. The monoisotopic (exact) mass is 224 g/mol. The first-order valence-electron chi connectivity index (χ1n) is 4.76. The van der Waals surface area contributed by atoms with Gasteiger partial charge in [0, 0.05) is 12.6 Å². The molecule has 0 saturated heterocycles. The van der Waals surface area contributed by atoms with Gasteiger partial charge in [0.2, 0.25) is 0 Å². The minimum absolute atomic E-state index is 0.109. The summed E-state index contributed by atoms with van der Waals surface area (Å²) in [5.74, 6) is -1.13. The van der Waals surface area contributed by atoms with Gasteiger partial charge in [0.15, 0.2) is 5.82 Å². The number of aromatic nitrogens is 3. The van der Waals surface area contributed by atoms with Gasteiger partial charge in [-0.3, -0.25) is 0 Å². The van der Waals surface area contributed by atoms with Gasteiger partial charge in [0.05, 0.1) is 11.3 Å². The first kappa shape index (κ1) is 10.5. The van der Waals surface area contributed by atoms with E-state index in [-0.39, 0.29) is 11.3 Å². The van der Waals surface area contributed by atoms with E-state index in [4.69, 9.17) is 5.73 Å². The molecule has 0 unspecified atom stereocenters. The Balaban J connectivity index is 2.60. The molecule has 6 heteroatoms. The lowest BCUT2D eigenvalue weighted by molar-refractivity contribution is 0.584. The number of hydrogen-bond acceptors (Lipinski definition) is 3. The molecule has 4 nitrogen and oxygen atoms in total. The van der Waals surface area contributed by atoms with Gasteiger partial charge in [-0.15, -0.1) is 0 Å². The number of nitrogens with zero attached hydrogens (tertiary/aromatic N) is 3. The van der Waals surface area contributed by atoms with Crippen molar-refractivity contribution in [2.75, 3.05) is 5.73 Å². The maximum Gasteiger partial charge on any atom is 0.161 e. The molecular formula is C10H10F2N4. The lowest BCUT2D eigenvalue weighted by Gasteiger charge is -2.06. The summed E-state index contributed by atoms with van der Waals surface area (Å²) < 4.78 is 28.0. The molecule has 0 atom stereocenters. The molecule has 0 saturated carbocycles. The van der Waals surface area contributed by atoms with E-state index in [1.165, 1.54) is 17.1 Å². The van der Waals surface area contributed by atoms with Crippen LogP contribution in [0.1, 0.15) is 6.92 Å². The molecule has 0 amide bonds. The molecule has 1 aromatic carbocycles. The number of rotatable bonds is 2. The summed E-state index contributed by atoms with van der Waals surface area (Å²) in [6.45, 7) is 2.40. The molecule has 1 aromatic heterocycles. The van der Waals surface area contributed by atoms with Gasteiger partial charge in [0.1, 0.15) is 18.0 Å². The second kappa shape index (κ2) is 3.88. The van der Waals surface area contributed by atoms with E-state index in [2.05, 4.69) is 10.1 Å². The van der Waals surface area contributed by atoms with Gasteiger partial charge >= 0.3 is 0 Å². The first-order chi connectivity index (χ1) is 7.63. The van der Waals surface area contributed by atoms with E-state index in [1.54, 1.807) is 0 Å². The number of nitrogen functional groups attached to an aromatic ring is 1. The van der Waals surface area contributed by atoms with Crippen molar-refractivity contribution < 1.29 is 8.78 Å². The zero-order valence-electron chi connectivity index (χ0n) is 8.61. The summed E-state index contributed by atoms with van der Waals surface area (Å²) in [6.07, 6.45) is 1.32. The van der Waals surface area contributed by atoms with Crippen molar-refractivity contribution in [2.45, 2.75) is 13.5 Å². The van der Waals surface area contributed by atoms with E-state index < -0.39 is 11.6 Å². The highest BCUT2D eigenvalue weighted by atomic mass is 19.1. The highest BCUT2D eigenvalue weighted by Gasteiger charge is 2.14. The van der Waals surface area contributed by atoms with Crippen LogP contribution in [0.2, 0.25) is 0 Å². The van der Waals surface area contributed by atoms with Crippen molar-refractivity contribution in [2.24, 2.45) is 0 Å². The smallest absolute Gasteiger partial charge is 0.161 e. The van der Waals surface area contributed by atoms with Gasteiger partial charge in [-0.1, -0.05) is 0 Å². The number of aryl methyl sites for hydroxylation is 1. The molecule has 2 rings (SSSR count). The van der Waals surface area contributed by atoms with Gasteiger partial charge in [0.25, 0.3) is 0 Å². The van der Waals surface area contributed by atoms with Crippen molar-refractivity contribution in [1.29, 1.82) is 0 Å². The molecule has 0 radical (unpaired) electrons.